The maximum absolute atomic E-state index is 11.9. The molecule has 0 aliphatic carbocycles. The Morgan fingerprint density at radius 3 is 2.25 bits per heavy atom. The van der Waals surface area contributed by atoms with Crippen LogP contribution < -0.4 is 4.74 Å². The molecule has 0 unspecified atom stereocenters. The Hall–Kier alpha value is -2.36. The van der Waals surface area contributed by atoms with Crippen molar-refractivity contribution in [3.8, 4) is 5.75 Å². The monoisotopic (exact) mass is 584 g/mol. The van der Waals surface area contributed by atoms with Crippen molar-refractivity contribution in [1.29, 1.82) is 0 Å². The molecule has 2 aliphatic rings. The molecule has 0 radical (unpaired) electrons. The highest BCUT2D eigenvalue weighted by Gasteiger charge is 2.56. The van der Waals surface area contributed by atoms with Crippen LogP contribution in [0.5, 0.6) is 5.75 Å². The Bertz CT molecular complexity index is 1160. The van der Waals surface area contributed by atoms with Gasteiger partial charge in [0.1, 0.15) is 42.4 Å². The molecule has 2 saturated heterocycles. The van der Waals surface area contributed by atoms with Gasteiger partial charge in [-0.05, 0) is 48.7 Å². The van der Waals surface area contributed by atoms with Gasteiger partial charge in [-0.25, -0.2) is 4.79 Å². The van der Waals surface area contributed by atoms with Gasteiger partial charge in [-0.2, -0.15) is 0 Å². The van der Waals surface area contributed by atoms with Crippen LogP contribution in [-0.4, -0.2) is 110 Å². The molecule has 0 aromatic heterocycles. The minimum Gasteiger partial charge on any atom is -0.494 e. The number of carbonyl (C=O) groups is 1. The smallest absolute Gasteiger partial charge is 0.338 e. The minimum atomic E-state index is -2.25. The lowest BCUT2D eigenvalue weighted by Gasteiger charge is -2.49. The summed E-state index contributed by atoms with van der Waals surface area (Å²) in [5.41, 5.74) is 1.58. The van der Waals surface area contributed by atoms with Gasteiger partial charge in [0.2, 0.25) is 5.79 Å². The standard InChI is InChI=1S/C27H33ClO12/c1-2-37-16-6-3-13(4-7-16)9-14-10-15(5-8-17(14)28)27(25(35)23(33)20(30)18(11-29)40-27)38-12-19-21(31)22(32)24(34)26(36)39-19/h3-8,10,18-25,29-35H,2,9,11-12H2,1H3/t18-,19-,20-,21-,22+,23+,24-,25-,27+/m1/s1. The van der Waals surface area contributed by atoms with E-state index in [1.54, 1.807) is 18.2 Å². The predicted molar refractivity (Wildman–Crippen MR) is 137 cm³/mol. The average molecular weight is 585 g/mol. The van der Waals surface area contributed by atoms with Crippen molar-refractivity contribution in [3.63, 3.8) is 0 Å². The van der Waals surface area contributed by atoms with E-state index in [1.165, 1.54) is 12.1 Å². The zero-order valence-electron chi connectivity index (χ0n) is 21.5. The van der Waals surface area contributed by atoms with Crippen LogP contribution in [0.15, 0.2) is 42.5 Å². The number of hydrogen-bond acceptors (Lipinski definition) is 12. The van der Waals surface area contributed by atoms with Gasteiger partial charge in [0.25, 0.3) is 0 Å². The number of hydrogen-bond donors (Lipinski definition) is 7. The van der Waals surface area contributed by atoms with Gasteiger partial charge >= 0.3 is 5.97 Å². The molecule has 0 saturated carbocycles. The van der Waals surface area contributed by atoms with Crippen molar-refractivity contribution in [2.24, 2.45) is 0 Å². The summed E-state index contributed by atoms with van der Waals surface area (Å²) in [6, 6.07) is 11.8. The number of benzene rings is 2. The molecule has 0 amide bonds. The lowest BCUT2D eigenvalue weighted by atomic mass is 9.86. The number of halogens is 1. The molecule has 220 valence electrons. The van der Waals surface area contributed by atoms with Crippen LogP contribution >= 0.6 is 11.6 Å². The molecule has 0 spiro atoms. The summed E-state index contributed by atoms with van der Waals surface area (Å²) >= 11 is 6.48. The van der Waals surface area contributed by atoms with Crippen LogP contribution in [0.4, 0.5) is 0 Å². The lowest BCUT2D eigenvalue weighted by Crippen LogP contribution is -2.65. The van der Waals surface area contributed by atoms with Crippen molar-refractivity contribution in [2.75, 3.05) is 19.8 Å². The third-order valence-corrected chi connectivity index (χ3v) is 7.42. The van der Waals surface area contributed by atoms with Crippen molar-refractivity contribution in [1.82, 2.24) is 0 Å². The first kappa shape index (κ1) is 30.6. The van der Waals surface area contributed by atoms with E-state index < -0.39 is 73.8 Å². The second-order valence-electron chi connectivity index (χ2n) is 9.70. The second-order valence-corrected chi connectivity index (χ2v) is 10.1. The van der Waals surface area contributed by atoms with Crippen molar-refractivity contribution in [3.05, 3.63) is 64.2 Å². The molecule has 2 aromatic carbocycles. The lowest BCUT2D eigenvalue weighted by molar-refractivity contribution is -0.378. The van der Waals surface area contributed by atoms with Gasteiger partial charge < -0.3 is 54.7 Å². The van der Waals surface area contributed by atoms with Gasteiger partial charge in [-0.15, -0.1) is 0 Å². The fourth-order valence-corrected chi connectivity index (χ4v) is 4.96. The van der Waals surface area contributed by atoms with Crippen LogP contribution in [-0.2, 0) is 31.2 Å². The summed E-state index contributed by atoms with van der Waals surface area (Å²) < 4.78 is 22.2. The Balaban J connectivity index is 1.69. The van der Waals surface area contributed by atoms with Crippen LogP contribution in [0.1, 0.15) is 23.6 Å². The molecule has 2 fully saturated rings. The van der Waals surface area contributed by atoms with E-state index in [9.17, 15) is 40.5 Å². The minimum absolute atomic E-state index is 0.131. The first-order valence-electron chi connectivity index (χ1n) is 12.7. The highest BCUT2D eigenvalue weighted by atomic mass is 35.5. The quantitative estimate of drug-likeness (QED) is 0.178. The molecule has 0 bridgehead atoms. The molecule has 12 nitrogen and oxygen atoms in total. The van der Waals surface area contributed by atoms with Gasteiger partial charge in [0.05, 0.1) is 19.8 Å². The normalized spacial score (nSPS) is 34.4. The summed E-state index contributed by atoms with van der Waals surface area (Å²) in [5, 5.41) is 72.4. The van der Waals surface area contributed by atoms with E-state index in [0.29, 0.717) is 29.4 Å². The second kappa shape index (κ2) is 12.7. The molecule has 9 atom stereocenters. The van der Waals surface area contributed by atoms with E-state index >= 15 is 0 Å². The molecule has 40 heavy (non-hydrogen) atoms. The first-order chi connectivity index (χ1) is 19.0. The van der Waals surface area contributed by atoms with Gasteiger partial charge in [-0.1, -0.05) is 29.8 Å². The van der Waals surface area contributed by atoms with E-state index in [2.05, 4.69) is 0 Å². The topological polar surface area (TPSA) is 196 Å². The third kappa shape index (κ3) is 5.97. The Labute approximate surface area is 234 Å². The molecular formula is C27H33ClO12. The van der Waals surface area contributed by atoms with Gasteiger partial charge in [-0.3, -0.25) is 0 Å². The van der Waals surface area contributed by atoms with E-state index in [0.717, 1.165) is 5.56 Å². The Morgan fingerprint density at radius 2 is 1.60 bits per heavy atom. The summed E-state index contributed by atoms with van der Waals surface area (Å²) in [5.74, 6) is -2.75. The summed E-state index contributed by atoms with van der Waals surface area (Å²) in [4.78, 5) is 11.9. The van der Waals surface area contributed by atoms with E-state index in [4.69, 9.17) is 30.5 Å². The fourth-order valence-electron chi connectivity index (χ4n) is 4.77. The Morgan fingerprint density at radius 1 is 0.925 bits per heavy atom. The zero-order chi connectivity index (χ0) is 29.2. The van der Waals surface area contributed by atoms with Gasteiger partial charge in [0, 0.05) is 10.6 Å². The van der Waals surface area contributed by atoms with Crippen molar-refractivity contribution < 1.29 is 59.5 Å². The maximum Gasteiger partial charge on any atom is 0.338 e. The molecule has 7 N–H and O–H groups in total. The fraction of sp³-hybridized carbons (Fsp3) is 0.519. The van der Waals surface area contributed by atoms with E-state index in [1.807, 2.05) is 19.1 Å². The summed E-state index contributed by atoms with van der Waals surface area (Å²) in [6.07, 6.45) is -13.6. The zero-order valence-corrected chi connectivity index (χ0v) is 22.3. The highest BCUT2D eigenvalue weighted by molar-refractivity contribution is 6.31. The first-order valence-corrected chi connectivity index (χ1v) is 13.1. The van der Waals surface area contributed by atoms with E-state index in [-0.39, 0.29) is 5.56 Å². The number of aliphatic hydroxyl groups is 7. The Kier molecular flexibility index (Phi) is 9.68. The molecular weight excluding hydrogens is 552 g/mol. The average Bonchev–Trinajstić information content (AvgIpc) is 2.95. The largest absolute Gasteiger partial charge is 0.494 e. The number of carbonyl (C=O) groups excluding carboxylic acids is 1. The maximum atomic E-state index is 11.9. The van der Waals surface area contributed by atoms with Crippen LogP contribution in [0, 0.1) is 0 Å². The molecule has 2 aromatic rings. The van der Waals surface area contributed by atoms with Crippen molar-refractivity contribution in [2.45, 2.75) is 68.0 Å². The summed E-state index contributed by atoms with van der Waals surface area (Å²) in [7, 11) is 0. The van der Waals surface area contributed by atoms with Crippen molar-refractivity contribution >= 4 is 17.6 Å². The molecule has 13 heteroatoms. The number of ether oxygens (including phenoxy) is 4. The van der Waals surface area contributed by atoms with Crippen LogP contribution in [0.2, 0.25) is 5.02 Å². The highest BCUT2D eigenvalue weighted by Crippen LogP contribution is 2.41. The number of aliphatic hydroxyl groups excluding tert-OH is 7. The molecule has 4 rings (SSSR count). The number of cyclic esters (lactones) is 1. The van der Waals surface area contributed by atoms with Crippen LogP contribution in [0.3, 0.4) is 0 Å². The predicted octanol–water partition coefficient (Wildman–Crippen LogP) is -1.02. The SMILES string of the molecule is CCOc1ccc(Cc2cc([C@]3(OC[C@H]4OC(=O)[C@H](O)[C@@H](O)[C@@H]4O)O[C@H](CO)[C@@H](O)[C@H](O)[C@H]3O)ccc2Cl)cc1. The van der Waals surface area contributed by atoms with Gasteiger partial charge in [0.15, 0.2) is 12.2 Å². The summed E-state index contributed by atoms with van der Waals surface area (Å²) in [6.45, 7) is 0.963. The number of esters is 1. The number of rotatable bonds is 9. The molecule has 2 heterocycles. The molecule has 2 aliphatic heterocycles. The third-order valence-electron chi connectivity index (χ3n) is 7.05. The van der Waals surface area contributed by atoms with Crippen LogP contribution in [0.25, 0.3) is 0 Å².